The van der Waals surface area contributed by atoms with Crippen LogP contribution < -0.4 is 0 Å². The van der Waals surface area contributed by atoms with Gasteiger partial charge in [0.2, 0.25) is 0 Å². The SMILES string of the molecule is CC(=O)c1ccc([N+](=O)[O-])cc1.CC(O)(c1ccc([N+](=O)[O-])cc1)C(F)(F)F. The Morgan fingerprint density at radius 3 is 1.54 bits per heavy atom. The summed E-state index contributed by atoms with van der Waals surface area (Å²) in [4.78, 5) is 30.0. The smallest absolute Gasteiger partial charge is 0.376 e. The van der Waals surface area contributed by atoms with Crippen LogP contribution in [0.25, 0.3) is 0 Å². The number of aliphatic hydroxyl groups is 1. The maximum Gasteiger partial charge on any atom is 0.421 e. The Morgan fingerprint density at radius 1 is 0.893 bits per heavy atom. The van der Waals surface area contributed by atoms with E-state index in [0.717, 1.165) is 24.3 Å². The molecule has 1 N–H and O–H groups in total. The highest BCUT2D eigenvalue weighted by molar-refractivity contribution is 5.94. The molecule has 1 unspecified atom stereocenters. The lowest BCUT2D eigenvalue weighted by Gasteiger charge is -2.26. The number of halogens is 3. The third kappa shape index (κ3) is 5.58. The van der Waals surface area contributed by atoms with Gasteiger partial charge in [0, 0.05) is 29.8 Å². The maximum absolute atomic E-state index is 12.4. The highest BCUT2D eigenvalue weighted by Crippen LogP contribution is 2.38. The molecule has 0 radical (unpaired) electrons. The number of benzene rings is 2. The van der Waals surface area contributed by atoms with Crippen LogP contribution in [0.1, 0.15) is 29.8 Å². The lowest BCUT2D eigenvalue weighted by Crippen LogP contribution is -2.39. The van der Waals surface area contributed by atoms with Gasteiger partial charge < -0.3 is 5.11 Å². The molecule has 0 amide bonds. The minimum absolute atomic E-state index is 0.000000000000000222. The maximum atomic E-state index is 12.4. The molecule has 2 aromatic rings. The second kappa shape index (κ2) is 8.57. The number of nitrogens with zero attached hydrogens (tertiary/aromatic N) is 2. The van der Waals surface area contributed by atoms with Crippen LogP contribution in [0.5, 0.6) is 0 Å². The van der Waals surface area contributed by atoms with E-state index in [0.29, 0.717) is 12.5 Å². The molecule has 0 saturated carbocycles. The molecule has 0 aliphatic carbocycles. The van der Waals surface area contributed by atoms with Crippen molar-refractivity contribution < 1.29 is 32.9 Å². The number of carbonyl (C=O) groups is 1. The monoisotopic (exact) mass is 400 g/mol. The normalized spacial score (nSPS) is 12.9. The zero-order chi connectivity index (χ0) is 21.7. The molecule has 0 bridgehead atoms. The zero-order valence-corrected chi connectivity index (χ0v) is 14.6. The van der Waals surface area contributed by atoms with Gasteiger partial charge in [-0.3, -0.25) is 25.0 Å². The number of nitro benzene ring substituents is 2. The van der Waals surface area contributed by atoms with Crippen molar-refractivity contribution in [2.75, 3.05) is 0 Å². The second-order valence-corrected chi connectivity index (χ2v) is 5.73. The predicted octanol–water partition coefficient (Wildman–Crippen LogP) is 4.16. The van der Waals surface area contributed by atoms with Crippen LogP contribution in [0, 0.1) is 20.2 Å². The van der Waals surface area contributed by atoms with Gasteiger partial charge in [-0.25, -0.2) is 0 Å². The van der Waals surface area contributed by atoms with Crippen molar-refractivity contribution >= 4 is 17.2 Å². The number of Topliss-reactive ketones (excluding diaryl/α,β-unsaturated/α-hetero) is 1. The van der Waals surface area contributed by atoms with Gasteiger partial charge in [0.25, 0.3) is 11.4 Å². The third-order valence-corrected chi connectivity index (χ3v) is 3.68. The Balaban J connectivity index is 0.000000292. The summed E-state index contributed by atoms with van der Waals surface area (Å²) >= 11 is 0. The van der Waals surface area contributed by atoms with Gasteiger partial charge >= 0.3 is 6.18 Å². The first kappa shape index (κ1) is 22.7. The van der Waals surface area contributed by atoms with E-state index in [1.54, 1.807) is 0 Å². The molecule has 28 heavy (non-hydrogen) atoms. The fraction of sp³-hybridized carbons (Fsp3) is 0.235. The van der Waals surface area contributed by atoms with Gasteiger partial charge in [0.1, 0.15) is 0 Å². The molecule has 0 fully saturated rings. The number of rotatable bonds is 4. The summed E-state index contributed by atoms with van der Waals surface area (Å²) in [5.74, 6) is -0.0927. The highest BCUT2D eigenvalue weighted by Gasteiger charge is 2.51. The van der Waals surface area contributed by atoms with Crippen LogP contribution in [0.15, 0.2) is 48.5 Å². The van der Waals surface area contributed by atoms with Crippen molar-refractivity contribution in [3.63, 3.8) is 0 Å². The third-order valence-electron chi connectivity index (χ3n) is 3.68. The summed E-state index contributed by atoms with van der Waals surface area (Å²) in [6.45, 7) is 2.01. The number of alkyl halides is 3. The Kier molecular flexibility index (Phi) is 6.94. The zero-order valence-electron chi connectivity index (χ0n) is 14.6. The Hall–Kier alpha value is -3.34. The number of carbonyl (C=O) groups excluding carboxylic acids is 1. The Bertz CT molecular complexity index is 829. The van der Waals surface area contributed by atoms with E-state index in [1.807, 2.05) is 0 Å². The number of hydrogen-bond acceptors (Lipinski definition) is 6. The van der Waals surface area contributed by atoms with Crippen LogP contribution in [0.2, 0.25) is 0 Å². The largest absolute Gasteiger partial charge is 0.421 e. The predicted molar refractivity (Wildman–Crippen MR) is 91.8 cm³/mol. The van der Waals surface area contributed by atoms with Crippen molar-refractivity contribution in [1.82, 2.24) is 0 Å². The van der Waals surface area contributed by atoms with E-state index in [1.165, 1.54) is 31.2 Å². The average Bonchev–Trinajstić information content (AvgIpc) is 2.61. The molecular formula is C17H15F3N2O6. The molecular weight excluding hydrogens is 385 g/mol. The fourth-order valence-corrected chi connectivity index (χ4v) is 1.89. The first-order valence-corrected chi connectivity index (χ1v) is 7.56. The first-order chi connectivity index (χ1) is 12.8. The topological polar surface area (TPSA) is 124 Å². The molecule has 0 heterocycles. The average molecular weight is 400 g/mol. The van der Waals surface area contributed by atoms with Crippen molar-refractivity contribution in [1.29, 1.82) is 0 Å². The lowest BCUT2D eigenvalue weighted by atomic mass is 9.95. The molecule has 0 aliphatic heterocycles. The Morgan fingerprint density at radius 2 is 1.25 bits per heavy atom. The summed E-state index contributed by atoms with van der Waals surface area (Å²) in [6.07, 6.45) is -4.83. The molecule has 8 nitrogen and oxygen atoms in total. The van der Waals surface area contributed by atoms with Gasteiger partial charge in [0.05, 0.1) is 9.85 Å². The molecule has 0 aliphatic rings. The molecule has 150 valence electrons. The minimum Gasteiger partial charge on any atom is -0.376 e. The van der Waals surface area contributed by atoms with Crippen molar-refractivity contribution in [3.05, 3.63) is 79.9 Å². The van der Waals surface area contributed by atoms with E-state index < -0.39 is 27.2 Å². The molecule has 1 atom stereocenters. The summed E-state index contributed by atoms with van der Waals surface area (Å²) in [5.41, 5.74) is -3.30. The molecule has 0 aromatic heterocycles. The van der Waals surface area contributed by atoms with Crippen molar-refractivity contribution in [2.45, 2.75) is 25.6 Å². The van der Waals surface area contributed by atoms with E-state index >= 15 is 0 Å². The van der Waals surface area contributed by atoms with Gasteiger partial charge in [-0.1, -0.05) is 0 Å². The van der Waals surface area contributed by atoms with Gasteiger partial charge in [0.15, 0.2) is 11.4 Å². The standard InChI is InChI=1S/C9H8F3NO3.C8H7NO3/c1-8(14,9(10,11)12)6-2-4-7(5-3-6)13(15)16;1-6(10)7-2-4-8(5-3-7)9(11)12/h2-5,14H,1H3;2-5H,1H3. The minimum atomic E-state index is -4.83. The summed E-state index contributed by atoms with van der Waals surface area (Å²) < 4.78 is 37.2. The van der Waals surface area contributed by atoms with E-state index in [-0.39, 0.29) is 17.2 Å². The first-order valence-electron chi connectivity index (χ1n) is 7.56. The number of ketones is 1. The van der Waals surface area contributed by atoms with Crippen molar-refractivity contribution in [3.8, 4) is 0 Å². The summed E-state index contributed by atoms with van der Waals surface area (Å²) in [6, 6.07) is 9.11. The lowest BCUT2D eigenvalue weighted by molar-refractivity contribution is -0.385. The number of nitro groups is 2. The van der Waals surface area contributed by atoms with Gasteiger partial charge in [-0.15, -0.1) is 0 Å². The fourth-order valence-electron chi connectivity index (χ4n) is 1.89. The molecule has 0 saturated heterocycles. The number of non-ortho nitro benzene ring substituents is 2. The van der Waals surface area contributed by atoms with Crippen LogP contribution in [0.4, 0.5) is 24.5 Å². The molecule has 0 spiro atoms. The van der Waals surface area contributed by atoms with Crippen LogP contribution in [-0.2, 0) is 5.60 Å². The van der Waals surface area contributed by atoms with Gasteiger partial charge in [-0.05, 0) is 43.7 Å². The van der Waals surface area contributed by atoms with Crippen molar-refractivity contribution in [2.24, 2.45) is 0 Å². The summed E-state index contributed by atoms with van der Waals surface area (Å²) in [5, 5.41) is 29.7. The highest BCUT2D eigenvalue weighted by atomic mass is 19.4. The van der Waals surface area contributed by atoms with E-state index in [4.69, 9.17) is 0 Å². The molecule has 2 aromatic carbocycles. The van der Waals surface area contributed by atoms with Crippen LogP contribution in [0.3, 0.4) is 0 Å². The second-order valence-electron chi connectivity index (χ2n) is 5.73. The van der Waals surface area contributed by atoms with Crippen LogP contribution in [-0.4, -0.2) is 26.9 Å². The Labute approximate surface area is 156 Å². The quantitative estimate of drug-likeness (QED) is 0.467. The van der Waals surface area contributed by atoms with E-state index in [9.17, 15) is 43.3 Å². The van der Waals surface area contributed by atoms with E-state index in [2.05, 4.69) is 0 Å². The number of hydrogen-bond donors (Lipinski definition) is 1. The molecule has 11 heteroatoms. The van der Waals surface area contributed by atoms with Gasteiger partial charge in [-0.2, -0.15) is 13.2 Å². The summed E-state index contributed by atoms with van der Waals surface area (Å²) in [7, 11) is 0. The molecule has 2 rings (SSSR count). The van der Waals surface area contributed by atoms with Crippen LogP contribution >= 0.6 is 0 Å².